The third-order valence-corrected chi connectivity index (χ3v) is 6.76. The van der Waals surface area contributed by atoms with Crippen LogP contribution in [-0.4, -0.2) is 52.6 Å². The van der Waals surface area contributed by atoms with Crippen LogP contribution < -0.4 is 10.3 Å². The van der Waals surface area contributed by atoms with Crippen LogP contribution in [0.3, 0.4) is 0 Å². The van der Waals surface area contributed by atoms with Crippen molar-refractivity contribution >= 4 is 0 Å². The van der Waals surface area contributed by atoms with Crippen LogP contribution in [0.5, 0.6) is 5.75 Å². The van der Waals surface area contributed by atoms with Gasteiger partial charge in [0, 0.05) is 62.2 Å². The average Bonchev–Trinajstić information content (AvgIpc) is 3.24. The third-order valence-electron chi connectivity index (χ3n) is 6.76. The van der Waals surface area contributed by atoms with Gasteiger partial charge < -0.3 is 9.30 Å². The van der Waals surface area contributed by atoms with Gasteiger partial charge in [0.15, 0.2) is 0 Å². The first-order chi connectivity index (χ1) is 14.2. The highest BCUT2D eigenvalue weighted by Crippen LogP contribution is 2.35. The van der Waals surface area contributed by atoms with Crippen LogP contribution in [0.25, 0.3) is 0 Å². The molecule has 3 aliphatic heterocycles. The lowest BCUT2D eigenvalue weighted by atomic mass is 9.83. The molecule has 2 aromatic heterocycles. The molecule has 2 aromatic rings. The summed E-state index contributed by atoms with van der Waals surface area (Å²) in [6, 6.07) is 8.22. The van der Waals surface area contributed by atoms with E-state index in [-0.39, 0.29) is 5.56 Å². The summed E-state index contributed by atoms with van der Waals surface area (Å²) in [6.07, 6.45) is 5.52. The third kappa shape index (κ3) is 3.83. The number of hydrogen-bond donors (Lipinski definition) is 0. The van der Waals surface area contributed by atoms with Gasteiger partial charge in [-0.05, 0) is 50.4 Å². The number of ether oxygens (including phenoxy) is 1. The summed E-state index contributed by atoms with van der Waals surface area (Å²) in [5, 5.41) is 0. The van der Waals surface area contributed by atoms with Gasteiger partial charge in [-0.2, -0.15) is 0 Å². The van der Waals surface area contributed by atoms with Crippen LogP contribution in [0.15, 0.2) is 35.3 Å². The molecule has 5 heterocycles. The molecule has 2 fully saturated rings. The van der Waals surface area contributed by atoms with Crippen LogP contribution >= 0.6 is 0 Å². The second kappa shape index (κ2) is 7.92. The van der Waals surface area contributed by atoms with Crippen molar-refractivity contribution in [3.63, 3.8) is 0 Å². The van der Waals surface area contributed by atoms with Crippen molar-refractivity contribution < 1.29 is 4.74 Å². The first-order valence-corrected chi connectivity index (χ1v) is 10.9. The van der Waals surface area contributed by atoms with E-state index in [1.165, 1.54) is 25.0 Å². The molecule has 0 aromatic carbocycles. The van der Waals surface area contributed by atoms with E-state index in [1.54, 1.807) is 7.11 Å². The maximum Gasteiger partial charge on any atom is 0.255 e. The van der Waals surface area contributed by atoms with Crippen molar-refractivity contribution in [1.29, 1.82) is 0 Å². The zero-order valence-electron chi connectivity index (χ0n) is 17.2. The Morgan fingerprint density at radius 1 is 1.07 bits per heavy atom. The monoisotopic (exact) mass is 394 g/mol. The summed E-state index contributed by atoms with van der Waals surface area (Å²) in [5.41, 5.74) is 3.47. The Bertz CT molecular complexity index is 935. The molecule has 2 bridgehead atoms. The molecule has 0 radical (unpaired) electrons. The Hall–Kier alpha value is -2.18. The van der Waals surface area contributed by atoms with E-state index < -0.39 is 0 Å². The van der Waals surface area contributed by atoms with Gasteiger partial charge in [0.25, 0.3) is 5.56 Å². The van der Waals surface area contributed by atoms with Crippen molar-refractivity contribution in [2.75, 3.05) is 33.3 Å². The molecule has 0 aliphatic carbocycles. The normalized spacial score (nSPS) is 24.4. The molecule has 0 amide bonds. The Balaban J connectivity index is 1.33. The van der Waals surface area contributed by atoms with E-state index in [9.17, 15) is 4.79 Å². The summed E-state index contributed by atoms with van der Waals surface area (Å²) in [6.45, 7) is 6.75. The predicted octanol–water partition coefficient (Wildman–Crippen LogP) is 2.47. The SMILES string of the molecule is COc1ccnc(CN2C[C@@H]3C[C@H](C2)c2ccc(CN4CCCC4)c(=O)n2C3)c1. The molecule has 0 saturated carbocycles. The molecule has 5 rings (SSSR count). The van der Waals surface area contributed by atoms with Crippen LogP contribution in [0.1, 0.15) is 42.1 Å². The lowest BCUT2D eigenvalue weighted by Crippen LogP contribution is -2.47. The van der Waals surface area contributed by atoms with Gasteiger partial charge >= 0.3 is 0 Å². The number of nitrogens with zero attached hydrogens (tertiary/aromatic N) is 4. The Morgan fingerprint density at radius 3 is 2.76 bits per heavy atom. The number of likely N-dealkylation sites (tertiary alicyclic amines) is 2. The van der Waals surface area contributed by atoms with E-state index in [4.69, 9.17) is 4.74 Å². The average molecular weight is 395 g/mol. The maximum absolute atomic E-state index is 13.2. The zero-order chi connectivity index (χ0) is 19.8. The van der Waals surface area contributed by atoms with E-state index >= 15 is 0 Å². The van der Waals surface area contributed by atoms with Crippen LogP contribution in [0.2, 0.25) is 0 Å². The number of methoxy groups -OCH3 is 1. The fraction of sp³-hybridized carbons (Fsp3) is 0.565. The van der Waals surface area contributed by atoms with Crippen molar-refractivity contribution in [1.82, 2.24) is 19.4 Å². The van der Waals surface area contributed by atoms with E-state index in [2.05, 4.69) is 31.5 Å². The minimum atomic E-state index is 0.243. The quantitative estimate of drug-likeness (QED) is 0.780. The number of fused-ring (bicyclic) bond motifs is 4. The van der Waals surface area contributed by atoms with Crippen LogP contribution in [0, 0.1) is 5.92 Å². The summed E-state index contributed by atoms with van der Waals surface area (Å²) in [5.74, 6) is 1.82. The van der Waals surface area contributed by atoms with Crippen LogP contribution in [0.4, 0.5) is 0 Å². The molecule has 6 heteroatoms. The molecule has 2 atom stereocenters. The Kier molecular flexibility index (Phi) is 5.14. The first-order valence-electron chi connectivity index (χ1n) is 10.9. The van der Waals surface area contributed by atoms with Gasteiger partial charge in [-0.25, -0.2) is 0 Å². The summed E-state index contributed by atoms with van der Waals surface area (Å²) in [4.78, 5) is 22.6. The maximum atomic E-state index is 13.2. The molecule has 29 heavy (non-hydrogen) atoms. The molecule has 3 aliphatic rings. The zero-order valence-corrected chi connectivity index (χ0v) is 17.2. The summed E-state index contributed by atoms with van der Waals surface area (Å²) >= 11 is 0. The van der Waals surface area contributed by atoms with E-state index in [0.29, 0.717) is 11.8 Å². The second-order valence-electron chi connectivity index (χ2n) is 8.86. The highest BCUT2D eigenvalue weighted by molar-refractivity contribution is 5.24. The molecule has 6 nitrogen and oxygen atoms in total. The molecule has 0 unspecified atom stereocenters. The number of rotatable bonds is 5. The molecular weight excluding hydrogens is 364 g/mol. The van der Waals surface area contributed by atoms with Crippen molar-refractivity contribution in [3.05, 3.63) is 57.8 Å². The first kappa shape index (κ1) is 18.8. The van der Waals surface area contributed by atoms with Crippen molar-refractivity contribution in [2.45, 2.75) is 44.8 Å². The fourth-order valence-electron chi connectivity index (χ4n) is 5.42. The van der Waals surface area contributed by atoms with Crippen molar-refractivity contribution in [2.24, 2.45) is 5.92 Å². The Morgan fingerprint density at radius 2 is 1.93 bits per heavy atom. The second-order valence-corrected chi connectivity index (χ2v) is 8.86. The summed E-state index contributed by atoms with van der Waals surface area (Å²) < 4.78 is 7.43. The van der Waals surface area contributed by atoms with Gasteiger partial charge in [0.2, 0.25) is 0 Å². The standard InChI is InChI=1S/C23H30N4O2/c1-29-21-6-7-24-20(11-21)16-26-12-17-10-19(15-26)22-5-4-18(23(28)27(22)13-17)14-25-8-2-3-9-25/h4-7,11,17,19H,2-3,8-10,12-16H2,1H3/t17-,19+/m0/s1. The highest BCUT2D eigenvalue weighted by Gasteiger charge is 2.35. The van der Waals surface area contributed by atoms with E-state index in [0.717, 1.165) is 62.8 Å². The predicted molar refractivity (Wildman–Crippen MR) is 112 cm³/mol. The van der Waals surface area contributed by atoms with Crippen molar-refractivity contribution in [3.8, 4) is 5.75 Å². The largest absolute Gasteiger partial charge is 0.497 e. The minimum Gasteiger partial charge on any atom is -0.497 e. The van der Waals surface area contributed by atoms with Gasteiger partial charge in [-0.3, -0.25) is 19.6 Å². The van der Waals surface area contributed by atoms with Crippen LogP contribution in [-0.2, 0) is 19.6 Å². The van der Waals surface area contributed by atoms with Gasteiger partial charge in [-0.15, -0.1) is 0 Å². The van der Waals surface area contributed by atoms with Gasteiger partial charge in [0.1, 0.15) is 5.75 Å². The number of aromatic nitrogens is 2. The molecule has 0 N–H and O–H groups in total. The number of pyridine rings is 2. The molecular formula is C23H30N4O2. The van der Waals surface area contributed by atoms with E-state index in [1.807, 2.05) is 18.3 Å². The minimum absolute atomic E-state index is 0.243. The molecule has 154 valence electrons. The molecule has 2 saturated heterocycles. The van der Waals surface area contributed by atoms with Gasteiger partial charge in [-0.1, -0.05) is 6.07 Å². The van der Waals surface area contributed by atoms with Gasteiger partial charge in [0.05, 0.1) is 12.8 Å². The fourth-order valence-corrected chi connectivity index (χ4v) is 5.42. The lowest BCUT2D eigenvalue weighted by molar-refractivity contribution is 0.113. The Labute approximate surface area is 172 Å². The smallest absolute Gasteiger partial charge is 0.255 e. The topological polar surface area (TPSA) is 50.6 Å². The summed E-state index contributed by atoms with van der Waals surface area (Å²) in [7, 11) is 1.69. The number of piperidine rings is 1. The highest BCUT2D eigenvalue weighted by atomic mass is 16.5. The lowest BCUT2D eigenvalue weighted by Gasteiger charge is -2.43. The molecule has 0 spiro atoms. The number of hydrogen-bond acceptors (Lipinski definition) is 5.